The van der Waals surface area contributed by atoms with E-state index >= 15 is 0 Å². The molecule has 0 saturated heterocycles. The van der Waals surface area contributed by atoms with Crippen LogP contribution in [0.3, 0.4) is 0 Å². The Morgan fingerprint density at radius 2 is 2.00 bits per heavy atom. The zero-order valence-electron chi connectivity index (χ0n) is 14.3. The normalized spacial score (nSPS) is 17.7. The fourth-order valence-corrected chi connectivity index (χ4v) is 2.48. The van der Waals surface area contributed by atoms with Crippen LogP contribution in [0.25, 0.3) is 0 Å². The minimum absolute atomic E-state index is 0.00205. The summed E-state index contributed by atoms with van der Waals surface area (Å²) in [5.41, 5.74) is -2.12. The highest BCUT2D eigenvalue weighted by molar-refractivity contribution is 5.42. The maximum atomic E-state index is 11.8. The van der Waals surface area contributed by atoms with Crippen LogP contribution in [0.1, 0.15) is 51.0 Å². The van der Waals surface area contributed by atoms with Crippen molar-refractivity contribution in [3.05, 3.63) is 39.0 Å². The van der Waals surface area contributed by atoms with Gasteiger partial charge in [0.05, 0.1) is 23.8 Å². The van der Waals surface area contributed by atoms with Crippen molar-refractivity contribution in [2.24, 2.45) is 5.92 Å². The van der Waals surface area contributed by atoms with Gasteiger partial charge in [-0.2, -0.15) is 0 Å². The Kier molecular flexibility index (Phi) is 6.16. The fraction of sp³-hybridized carbons (Fsp3) is 0.588. The molecule has 0 aliphatic rings. The summed E-state index contributed by atoms with van der Waals surface area (Å²) in [6.45, 7) is 7.63. The Hall–Kier alpha value is -1.63. The van der Waals surface area contributed by atoms with Gasteiger partial charge in [0.15, 0.2) is 5.76 Å². The second-order valence-corrected chi connectivity index (χ2v) is 6.20. The average molecular weight is 326 g/mol. The van der Waals surface area contributed by atoms with E-state index in [0.29, 0.717) is 5.57 Å². The SMILES string of the molecule is CC[C@H](C)[C@H](O)C(C)=C[C@](C)(O)c1oc(=O)c(C)c(O)c1CO. The molecule has 0 saturated carbocycles. The molecule has 23 heavy (non-hydrogen) atoms. The molecule has 0 spiro atoms. The van der Waals surface area contributed by atoms with Gasteiger partial charge in [0.1, 0.15) is 11.4 Å². The van der Waals surface area contributed by atoms with Gasteiger partial charge in [-0.25, -0.2) is 4.79 Å². The molecule has 6 heteroatoms. The number of hydrogen-bond donors (Lipinski definition) is 4. The number of aliphatic hydroxyl groups excluding tert-OH is 2. The van der Waals surface area contributed by atoms with Crippen LogP contribution in [0.15, 0.2) is 20.9 Å². The zero-order chi connectivity index (χ0) is 17.9. The lowest BCUT2D eigenvalue weighted by molar-refractivity contribution is 0.0709. The molecule has 0 aliphatic carbocycles. The van der Waals surface area contributed by atoms with Crippen LogP contribution in [0.5, 0.6) is 5.75 Å². The van der Waals surface area contributed by atoms with E-state index < -0.39 is 29.7 Å². The lowest BCUT2D eigenvalue weighted by atomic mass is 9.90. The molecule has 4 N–H and O–H groups in total. The monoisotopic (exact) mass is 326 g/mol. The first-order valence-corrected chi connectivity index (χ1v) is 7.63. The highest BCUT2D eigenvalue weighted by Gasteiger charge is 2.31. The van der Waals surface area contributed by atoms with Crippen molar-refractivity contribution in [3.8, 4) is 5.75 Å². The molecule has 130 valence electrons. The van der Waals surface area contributed by atoms with E-state index in [4.69, 9.17) is 4.42 Å². The Balaban J connectivity index is 3.42. The third-order valence-electron chi connectivity index (χ3n) is 4.19. The summed E-state index contributed by atoms with van der Waals surface area (Å²) < 4.78 is 5.09. The van der Waals surface area contributed by atoms with E-state index in [9.17, 15) is 25.2 Å². The summed E-state index contributed by atoms with van der Waals surface area (Å²) in [7, 11) is 0. The highest BCUT2D eigenvalue weighted by atomic mass is 16.4. The number of aliphatic hydroxyl groups is 3. The highest BCUT2D eigenvalue weighted by Crippen LogP contribution is 2.33. The van der Waals surface area contributed by atoms with E-state index in [2.05, 4.69) is 0 Å². The summed E-state index contributed by atoms with van der Waals surface area (Å²) in [5.74, 6) is -0.630. The van der Waals surface area contributed by atoms with Crippen LogP contribution in [-0.4, -0.2) is 26.5 Å². The van der Waals surface area contributed by atoms with Crippen LogP contribution in [0, 0.1) is 12.8 Å². The molecular formula is C17H26O6. The Bertz CT molecular complexity index is 641. The van der Waals surface area contributed by atoms with Gasteiger partial charge in [-0.3, -0.25) is 0 Å². The van der Waals surface area contributed by atoms with Gasteiger partial charge in [-0.1, -0.05) is 20.3 Å². The zero-order valence-corrected chi connectivity index (χ0v) is 14.3. The number of aromatic hydroxyl groups is 1. The maximum absolute atomic E-state index is 11.8. The average Bonchev–Trinajstić information content (AvgIpc) is 2.50. The van der Waals surface area contributed by atoms with E-state index in [1.807, 2.05) is 13.8 Å². The maximum Gasteiger partial charge on any atom is 0.342 e. The first-order chi connectivity index (χ1) is 10.6. The van der Waals surface area contributed by atoms with E-state index in [0.717, 1.165) is 6.42 Å². The van der Waals surface area contributed by atoms with Gasteiger partial charge in [0.2, 0.25) is 0 Å². The molecule has 1 heterocycles. The summed E-state index contributed by atoms with van der Waals surface area (Å²) in [6, 6.07) is 0. The third-order valence-corrected chi connectivity index (χ3v) is 4.19. The van der Waals surface area contributed by atoms with Gasteiger partial charge in [0, 0.05) is 0 Å². The van der Waals surface area contributed by atoms with Gasteiger partial charge in [-0.05, 0) is 38.3 Å². The fourth-order valence-electron chi connectivity index (χ4n) is 2.48. The molecule has 0 radical (unpaired) electrons. The second-order valence-electron chi connectivity index (χ2n) is 6.20. The van der Waals surface area contributed by atoms with E-state index in [-0.39, 0.29) is 22.8 Å². The van der Waals surface area contributed by atoms with Gasteiger partial charge < -0.3 is 24.8 Å². The number of rotatable bonds is 6. The lowest BCUT2D eigenvalue weighted by Crippen LogP contribution is -2.27. The van der Waals surface area contributed by atoms with Crippen LogP contribution in [-0.2, 0) is 12.2 Å². The summed E-state index contributed by atoms with van der Waals surface area (Å²) >= 11 is 0. The molecule has 0 aromatic carbocycles. The van der Waals surface area contributed by atoms with Crippen molar-refractivity contribution in [2.45, 2.75) is 59.4 Å². The topological polar surface area (TPSA) is 111 Å². The first-order valence-electron chi connectivity index (χ1n) is 7.63. The van der Waals surface area contributed by atoms with Crippen LogP contribution in [0.2, 0.25) is 0 Å². The van der Waals surface area contributed by atoms with E-state index in [1.54, 1.807) is 6.92 Å². The third kappa shape index (κ3) is 4.02. The van der Waals surface area contributed by atoms with Crippen molar-refractivity contribution in [1.82, 2.24) is 0 Å². The largest absolute Gasteiger partial charge is 0.507 e. The lowest BCUT2D eigenvalue weighted by Gasteiger charge is -2.25. The van der Waals surface area contributed by atoms with Crippen LogP contribution >= 0.6 is 0 Å². The molecule has 1 aromatic rings. The predicted octanol–water partition coefficient (Wildman–Crippen LogP) is 1.71. The van der Waals surface area contributed by atoms with Crippen molar-refractivity contribution in [2.75, 3.05) is 0 Å². The number of hydrogen-bond acceptors (Lipinski definition) is 6. The quantitative estimate of drug-likeness (QED) is 0.592. The smallest absolute Gasteiger partial charge is 0.342 e. The summed E-state index contributed by atoms with van der Waals surface area (Å²) in [5, 5.41) is 40.3. The Labute approximate surface area is 135 Å². The minimum atomic E-state index is -1.76. The van der Waals surface area contributed by atoms with Crippen molar-refractivity contribution >= 4 is 0 Å². The summed E-state index contributed by atoms with van der Waals surface area (Å²) in [6.07, 6.45) is 1.38. The molecule has 0 aliphatic heterocycles. The van der Waals surface area contributed by atoms with Crippen molar-refractivity contribution in [1.29, 1.82) is 0 Å². The second kappa shape index (κ2) is 7.29. The van der Waals surface area contributed by atoms with Crippen LogP contribution in [0.4, 0.5) is 0 Å². The molecule has 6 nitrogen and oxygen atoms in total. The molecule has 3 atom stereocenters. The van der Waals surface area contributed by atoms with Crippen LogP contribution < -0.4 is 5.63 Å². The molecule has 0 amide bonds. The van der Waals surface area contributed by atoms with Gasteiger partial charge in [-0.15, -0.1) is 0 Å². The minimum Gasteiger partial charge on any atom is -0.507 e. The van der Waals surface area contributed by atoms with Crippen molar-refractivity contribution in [3.63, 3.8) is 0 Å². The molecular weight excluding hydrogens is 300 g/mol. The molecule has 0 bridgehead atoms. The predicted molar refractivity (Wildman–Crippen MR) is 86.1 cm³/mol. The summed E-state index contributed by atoms with van der Waals surface area (Å²) in [4.78, 5) is 11.8. The van der Waals surface area contributed by atoms with Gasteiger partial charge >= 0.3 is 5.63 Å². The first kappa shape index (κ1) is 19.4. The Morgan fingerprint density at radius 3 is 2.48 bits per heavy atom. The molecule has 0 unspecified atom stereocenters. The molecule has 0 fully saturated rings. The molecule has 1 aromatic heterocycles. The van der Waals surface area contributed by atoms with Crippen molar-refractivity contribution < 1.29 is 24.8 Å². The standard InChI is InChI=1S/C17H26O6/c1-6-9(2)13(19)10(3)7-17(5,22)15-12(8-18)14(20)11(4)16(21)23-15/h7,9,13,18-20,22H,6,8H2,1-5H3/t9-,13-,17-/m0/s1. The van der Waals surface area contributed by atoms with Gasteiger partial charge in [0.25, 0.3) is 0 Å². The molecule has 1 rings (SSSR count). The van der Waals surface area contributed by atoms with E-state index in [1.165, 1.54) is 19.9 Å². The Morgan fingerprint density at radius 1 is 1.43 bits per heavy atom.